The summed E-state index contributed by atoms with van der Waals surface area (Å²) in [5, 5.41) is 5.46. The Morgan fingerprint density at radius 2 is 2.32 bits per heavy atom. The molecule has 0 radical (unpaired) electrons. The highest BCUT2D eigenvalue weighted by Crippen LogP contribution is 2.19. The summed E-state index contributed by atoms with van der Waals surface area (Å²) in [4.78, 5) is 23.1. The Morgan fingerprint density at radius 1 is 1.53 bits per heavy atom. The Bertz CT molecular complexity index is 502. The minimum absolute atomic E-state index is 0.0483. The van der Waals surface area contributed by atoms with Gasteiger partial charge in [-0.15, -0.1) is 0 Å². The summed E-state index contributed by atoms with van der Waals surface area (Å²) in [6.45, 7) is 2.83. The number of anilines is 1. The molecule has 2 amide bonds. The van der Waals surface area contributed by atoms with Crippen LogP contribution in [-0.4, -0.2) is 31.0 Å². The molecule has 1 aliphatic heterocycles. The molecule has 1 aromatic carbocycles. The molecule has 1 unspecified atom stereocenters. The van der Waals surface area contributed by atoms with Crippen molar-refractivity contribution in [3.8, 4) is 5.75 Å². The molecule has 6 heteroatoms. The van der Waals surface area contributed by atoms with Crippen molar-refractivity contribution in [2.45, 2.75) is 19.4 Å². The van der Waals surface area contributed by atoms with Crippen molar-refractivity contribution in [3.63, 3.8) is 0 Å². The molecule has 1 saturated heterocycles. The standard InChI is InChI=1S/C13H17N3O3/c1-2-19-11-4-8(3-9(14)5-11)13(18)16-10-6-12(17)15-7-10/h3-5,10H,2,6-7,14H2,1H3,(H,15,17)(H,16,18). The molecule has 0 spiro atoms. The summed E-state index contributed by atoms with van der Waals surface area (Å²) in [6, 6.07) is 4.72. The van der Waals surface area contributed by atoms with Crippen molar-refractivity contribution in [1.82, 2.24) is 10.6 Å². The van der Waals surface area contributed by atoms with Gasteiger partial charge in [0.2, 0.25) is 5.91 Å². The lowest BCUT2D eigenvalue weighted by molar-refractivity contribution is -0.119. The minimum Gasteiger partial charge on any atom is -0.494 e. The van der Waals surface area contributed by atoms with Crippen LogP contribution in [0.15, 0.2) is 18.2 Å². The second-order valence-electron chi connectivity index (χ2n) is 4.40. The van der Waals surface area contributed by atoms with Crippen molar-refractivity contribution in [2.75, 3.05) is 18.9 Å². The minimum atomic E-state index is -0.255. The van der Waals surface area contributed by atoms with Gasteiger partial charge in [0.25, 0.3) is 5.91 Å². The molecule has 1 heterocycles. The summed E-state index contributed by atoms with van der Waals surface area (Å²) in [6.07, 6.45) is 0.312. The average Bonchev–Trinajstić information content (AvgIpc) is 2.74. The quantitative estimate of drug-likeness (QED) is 0.680. The molecule has 102 valence electrons. The number of benzene rings is 1. The van der Waals surface area contributed by atoms with Crippen molar-refractivity contribution in [3.05, 3.63) is 23.8 Å². The van der Waals surface area contributed by atoms with E-state index >= 15 is 0 Å². The molecule has 6 nitrogen and oxygen atoms in total. The van der Waals surface area contributed by atoms with E-state index in [4.69, 9.17) is 10.5 Å². The lowest BCUT2D eigenvalue weighted by Crippen LogP contribution is -2.36. The molecule has 0 aliphatic carbocycles. The van der Waals surface area contributed by atoms with E-state index < -0.39 is 0 Å². The fraction of sp³-hybridized carbons (Fsp3) is 0.385. The molecule has 0 bridgehead atoms. The van der Waals surface area contributed by atoms with Crippen LogP contribution in [0.4, 0.5) is 5.69 Å². The number of carbonyl (C=O) groups excluding carboxylic acids is 2. The molecule has 1 aliphatic rings. The van der Waals surface area contributed by atoms with Crippen LogP contribution in [-0.2, 0) is 4.79 Å². The van der Waals surface area contributed by atoms with Crippen molar-refractivity contribution >= 4 is 17.5 Å². The normalized spacial score (nSPS) is 17.9. The second-order valence-corrected chi connectivity index (χ2v) is 4.40. The number of nitrogen functional groups attached to an aromatic ring is 1. The number of hydrogen-bond donors (Lipinski definition) is 3. The van der Waals surface area contributed by atoms with Crippen LogP contribution in [0, 0.1) is 0 Å². The largest absolute Gasteiger partial charge is 0.494 e. The Hall–Kier alpha value is -2.24. The van der Waals surface area contributed by atoms with E-state index in [0.717, 1.165) is 0 Å². The van der Waals surface area contributed by atoms with Gasteiger partial charge in [0.15, 0.2) is 0 Å². The zero-order chi connectivity index (χ0) is 13.8. The van der Waals surface area contributed by atoms with Crippen LogP contribution in [0.5, 0.6) is 5.75 Å². The maximum Gasteiger partial charge on any atom is 0.251 e. The predicted octanol–water partition coefficient (Wildman–Crippen LogP) is 0.286. The van der Waals surface area contributed by atoms with Crippen LogP contribution in [0.2, 0.25) is 0 Å². The fourth-order valence-electron chi connectivity index (χ4n) is 1.98. The highest BCUT2D eigenvalue weighted by atomic mass is 16.5. The number of ether oxygens (including phenoxy) is 1. The first-order valence-electron chi connectivity index (χ1n) is 6.19. The Morgan fingerprint density at radius 3 is 2.95 bits per heavy atom. The third-order valence-electron chi connectivity index (χ3n) is 2.81. The zero-order valence-electron chi connectivity index (χ0n) is 10.7. The number of nitrogens with two attached hydrogens (primary N) is 1. The molecule has 19 heavy (non-hydrogen) atoms. The Labute approximate surface area is 111 Å². The summed E-state index contributed by atoms with van der Waals surface area (Å²) < 4.78 is 5.34. The molecular weight excluding hydrogens is 246 g/mol. The first-order valence-corrected chi connectivity index (χ1v) is 6.19. The average molecular weight is 263 g/mol. The molecule has 2 rings (SSSR count). The van der Waals surface area contributed by atoms with Gasteiger partial charge in [0, 0.05) is 30.3 Å². The molecule has 4 N–H and O–H groups in total. The van der Waals surface area contributed by atoms with E-state index in [2.05, 4.69) is 10.6 Å². The van der Waals surface area contributed by atoms with Gasteiger partial charge in [0.1, 0.15) is 5.75 Å². The number of amides is 2. The van der Waals surface area contributed by atoms with Crippen LogP contribution in [0.3, 0.4) is 0 Å². The van der Waals surface area contributed by atoms with E-state index in [1.54, 1.807) is 18.2 Å². The summed E-state index contributed by atoms with van der Waals surface area (Å²) in [5.41, 5.74) is 6.63. The molecule has 0 aromatic heterocycles. The van der Waals surface area contributed by atoms with Crippen molar-refractivity contribution in [2.24, 2.45) is 0 Å². The highest BCUT2D eigenvalue weighted by Gasteiger charge is 2.23. The van der Waals surface area contributed by atoms with E-state index in [1.165, 1.54) is 0 Å². The van der Waals surface area contributed by atoms with E-state index in [1.807, 2.05) is 6.92 Å². The van der Waals surface area contributed by atoms with Gasteiger partial charge < -0.3 is 21.1 Å². The van der Waals surface area contributed by atoms with E-state index in [-0.39, 0.29) is 17.9 Å². The van der Waals surface area contributed by atoms with Gasteiger partial charge >= 0.3 is 0 Å². The number of rotatable bonds is 4. The van der Waals surface area contributed by atoms with Crippen LogP contribution >= 0.6 is 0 Å². The first kappa shape index (κ1) is 13.2. The number of nitrogens with one attached hydrogen (secondary N) is 2. The molecule has 0 saturated carbocycles. The number of hydrogen-bond acceptors (Lipinski definition) is 4. The topological polar surface area (TPSA) is 93.4 Å². The van der Waals surface area contributed by atoms with Gasteiger partial charge in [0.05, 0.1) is 12.6 Å². The van der Waals surface area contributed by atoms with Crippen LogP contribution < -0.4 is 21.1 Å². The maximum absolute atomic E-state index is 12.1. The Balaban J connectivity index is 2.07. The van der Waals surface area contributed by atoms with Crippen LogP contribution in [0.1, 0.15) is 23.7 Å². The van der Waals surface area contributed by atoms with Gasteiger partial charge in [-0.1, -0.05) is 0 Å². The summed E-state index contributed by atoms with van der Waals surface area (Å²) in [5.74, 6) is 0.260. The van der Waals surface area contributed by atoms with Gasteiger partial charge in [-0.05, 0) is 19.1 Å². The fourth-order valence-corrected chi connectivity index (χ4v) is 1.98. The lowest BCUT2D eigenvalue weighted by atomic mass is 10.1. The molecule has 1 aromatic rings. The van der Waals surface area contributed by atoms with Gasteiger partial charge in [-0.2, -0.15) is 0 Å². The van der Waals surface area contributed by atoms with Crippen molar-refractivity contribution < 1.29 is 14.3 Å². The smallest absolute Gasteiger partial charge is 0.251 e. The van der Waals surface area contributed by atoms with Crippen LogP contribution in [0.25, 0.3) is 0 Å². The third kappa shape index (κ3) is 3.37. The monoisotopic (exact) mass is 263 g/mol. The van der Waals surface area contributed by atoms with Crippen molar-refractivity contribution in [1.29, 1.82) is 0 Å². The second kappa shape index (κ2) is 5.60. The SMILES string of the molecule is CCOc1cc(N)cc(C(=O)NC2CNC(=O)C2)c1. The molecular formula is C13H17N3O3. The summed E-state index contributed by atoms with van der Waals surface area (Å²) >= 11 is 0. The Kier molecular flexibility index (Phi) is 3.89. The van der Waals surface area contributed by atoms with E-state index in [9.17, 15) is 9.59 Å². The predicted molar refractivity (Wildman–Crippen MR) is 70.9 cm³/mol. The number of carbonyl (C=O) groups is 2. The van der Waals surface area contributed by atoms with Gasteiger partial charge in [-0.25, -0.2) is 0 Å². The van der Waals surface area contributed by atoms with Gasteiger partial charge in [-0.3, -0.25) is 9.59 Å². The molecule has 1 fully saturated rings. The summed E-state index contributed by atoms with van der Waals surface area (Å²) in [7, 11) is 0. The molecule has 1 atom stereocenters. The lowest BCUT2D eigenvalue weighted by Gasteiger charge is -2.12. The first-order chi connectivity index (χ1) is 9.08. The highest BCUT2D eigenvalue weighted by molar-refractivity contribution is 5.96. The third-order valence-corrected chi connectivity index (χ3v) is 2.81. The maximum atomic E-state index is 12.1. The van der Waals surface area contributed by atoms with E-state index in [0.29, 0.717) is 36.6 Å². The zero-order valence-corrected chi connectivity index (χ0v) is 10.7.